The quantitative estimate of drug-likeness (QED) is 0.437. The van der Waals surface area contributed by atoms with Gasteiger partial charge in [-0.05, 0) is 42.3 Å². The van der Waals surface area contributed by atoms with Crippen LogP contribution in [0, 0.1) is 0 Å². The Morgan fingerprint density at radius 1 is 1.00 bits per heavy atom. The predicted octanol–water partition coefficient (Wildman–Crippen LogP) is 5.24. The smallest absolute Gasteiger partial charge is 0.303 e. The Morgan fingerprint density at radius 2 is 1.52 bits per heavy atom. The van der Waals surface area contributed by atoms with Crippen molar-refractivity contribution in [3.05, 3.63) is 12.3 Å². The van der Waals surface area contributed by atoms with E-state index >= 15 is 0 Å². The molecule has 158 valence electrons. The van der Waals surface area contributed by atoms with E-state index in [1.807, 2.05) is 6.08 Å². The van der Waals surface area contributed by atoms with Crippen LogP contribution in [-0.2, 0) is 23.1 Å². The Morgan fingerprint density at radius 3 is 1.96 bits per heavy atom. The maximum Gasteiger partial charge on any atom is 0.303 e. The molecule has 0 amide bonds. The van der Waals surface area contributed by atoms with Gasteiger partial charge in [0.1, 0.15) is 6.10 Å². The monoisotopic (exact) mass is 416 g/mol. The highest BCUT2D eigenvalue weighted by atomic mass is 28.4. The van der Waals surface area contributed by atoms with Crippen LogP contribution >= 0.6 is 0 Å². The SMILES string of the molecule is CC(=O)O[C@H]1[C@H](O[Si](C)(C)C(C)(C)C)C=CO[C@@H]1CO[Si](C)(C)C(C)(C)C. The van der Waals surface area contributed by atoms with Gasteiger partial charge >= 0.3 is 5.97 Å². The van der Waals surface area contributed by atoms with E-state index < -0.39 is 22.7 Å². The van der Waals surface area contributed by atoms with Crippen LogP contribution in [-0.4, -0.2) is 47.5 Å². The van der Waals surface area contributed by atoms with Gasteiger partial charge in [0.15, 0.2) is 28.8 Å². The Kier molecular flexibility index (Phi) is 7.58. The summed E-state index contributed by atoms with van der Waals surface area (Å²) in [5, 5.41) is 0.165. The highest BCUT2D eigenvalue weighted by Crippen LogP contribution is 2.39. The summed E-state index contributed by atoms with van der Waals surface area (Å²) in [6, 6.07) is 0. The molecule has 0 unspecified atom stereocenters. The Bertz CT molecular complexity index is 544. The molecule has 1 rings (SSSR count). The lowest BCUT2D eigenvalue weighted by Gasteiger charge is -2.43. The van der Waals surface area contributed by atoms with Gasteiger partial charge in [0.25, 0.3) is 0 Å². The lowest BCUT2D eigenvalue weighted by molar-refractivity contribution is -0.163. The molecule has 0 spiro atoms. The second-order valence-corrected chi connectivity index (χ2v) is 20.1. The molecular weight excluding hydrogens is 376 g/mol. The summed E-state index contributed by atoms with van der Waals surface area (Å²) in [7, 11) is -3.97. The number of carbonyl (C=O) groups is 1. The van der Waals surface area contributed by atoms with Crippen molar-refractivity contribution in [2.75, 3.05) is 6.61 Å². The molecule has 1 aliphatic rings. The molecule has 0 radical (unpaired) electrons. The van der Waals surface area contributed by atoms with Gasteiger partial charge < -0.3 is 18.3 Å². The van der Waals surface area contributed by atoms with E-state index in [9.17, 15) is 4.79 Å². The summed E-state index contributed by atoms with van der Waals surface area (Å²) in [6.45, 7) is 23.8. The summed E-state index contributed by atoms with van der Waals surface area (Å²) in [5.41, 5.74) is 0. The topological polar surface area (TPSA) is 54.0 Å². The van der Waals surface area contributed by atoms with Crippen LogP contribution in [0.3, 0.4) is 0 Å². The zero-order chi connectivity index (χ0) is 21.3. The van der Waals surface area contributed by atoms with Crippen molar-refractivity contribution in [1.82, 2.24) is 0 Å². The molecule has 0 aliphatic carbocycles. The molecule has 0 saturated heterocycles. The molecule has 3 atom stereocenters. The summed E-state index contributed by atoms with van der Waals surface area (Å²) in [5.74, 6) is -0.333. The molecule has 27 heavy (non-hydrogen) atoms. The largest absolute Gasteiger partial charge is 0.492 e. The normalized spacial score (nSPS) is 24.5. The minimum absolute atomic E-state index is 0.0626. The number of hydrogen-bond acceptors (Lipinski definition) is 5. The first-order valence-electron chi connectivity index (χ1n) is 9.79. The van der Waals surface area contributed by atoms with Crippen LogP contribution in [0.15, 0.2) is 12.3 Å². The van der Waals surface area contributed by atoms with Crippen molar-refractivity contribution < 1.29 is 23.1 Å². The predicted molar refractivity (Wildman–Crippen MR) is 115 cm³/mol. The molecule has 0 bridgehead atoms. The summed E-state index contributed by atoms with van der Waals surface area (Å²) in [6.07, 6.45) is 2.32. The van der Waals surface area contributed by atoms with Gasteiger partial charge in [-0.2, -0.15) is 0 Å². The zero-order valence-electron chi connectivity index (χ0n) is 19.1. The van der Waals surface area contributed by atoms with E-state index in [0.717, 1.165) is 0 Å². The maximum atomic E-state index is 11.7. The van der Waals surface area contributed by atoms with Gasteiger partial charge in [0, 0.05) is 6.92 Å². The first-order valence-corrected chi connectivity index (χ1v) is 15.6. The molecule has 0 aromatic rings. The van der Waals surface area contributed by atoms with Crippen LogP contribution in [0.4, 0.5) is 0 Å². The second kappa shape index (κ2) is 8.39. The minimum atomic E-state index is -2.03. The molecule has 5 nitrogen and oxygen atoms in total. The van der Waals surface area contributed by atoms with Gasteiger partial charge in [-0.25, -0.2) is 0 Å². The summed E-state index contributed by atoms with van der Waals surface area (Å²) in [4.78, 5) is 11.7. The molecule has 0 fully saturated rings. The van der Waals surface area contributed by atoms with Crippen LogP contribution in [0.5, 0.6) is 0 Å². The van der Waals surface area contributed by atoms with Crippen LogP contribution in [0.2, 0.25) is 36.3 Å². The van der Waals surface area contributed by atoms with Crippen molar-refractivity contribution in [2.45, 2.75) is 103 Å². The standard InChI is InChI=1S/C20H40O5Si2/c1-15(21)24-18-16(25-27(10,11)20(5,6)7)12-13-22-17(18)14-23-26(8,9)19(2,3)4/h12-13,16-18H,14H2,1-11H3/t16-,17-,18+/m1/s1. The van der Waals surface area contributed by atoms with Crippen LogP contribution in [0.25, 0.3) is 0 Å². The highest BCUT2D eigenvalue weighted by molar-refractivity contribution is 6.74. The fourth-order valence-electron chi connectivity index (χ4n) is 2.22. The highest BCUT2D eigenvalue weighted by Gasteiger charge is 2.45. The van der Waals surface area contributed by atoms with E-state index in [2.05, 4.69) is 67.7 Å². The molecule has 0 N–H and O–H groups in total. The van der Waals surface area contributed by atoms with E-state index in [4.69, 9.17) is 18.3 Å². The van der Waals surface area contributed by atoms with E-state index in [0.29, 0.717) is 6.61 Å². The first-order chi connectivity index (χ1) is 12.0. The van der Waals surface area contributed by atoms with Gasteiger partial charge in [-0.15, -0.1) is 0 Å². The number of rotatable bonds is 6. The van der Waals surface area contributed by atoms with Gasteiger partial charge in [0.2, 0.25) is 0 Å². The second-order valence-electron chi connectivity index (χ2n) is 10.5. The lowest BCUT2D eigenvalue weighted by Crippen LogP contribution is -2.54. The van der Waals surface area contributed by atoms with Crippen molar-refractivity contribution in [3.63, 3.8) is 0 Å². The number of carbonyl (C=O) groups excluding carboxylic acids is 1. The molecule has 0 aromatic carbocycles. The summed E-state index contributed by atoms with van der Waals surface area (Å²) < 4.78 is 24.3. The third-order valence-electron chi connectivity index (χ3n) is 6.17. The van der Waals surface area contributed by atoms with Gasteiger partial charge in [-0.1, -0.05) is 41.5 Å². The fraction of sp³-hybridized carbons (Fsp3) is 0.850. The van der Waals surface area contributed by atoms with Crippen molar-refractivity contribution in [1.29, 1.82) is 0 Å². The Labute approximate surface area is 168 Å². The minimum Gasteiger partial charge on any atom is -0.492 e. The molecule has 0 aromatic heterocycles. The summed E-state index contributed by atoms with van der Waals surface area (Å²) >= 11 is 0. The average Bonchev–Trinajstić information content (AvgIpc) is 2.44. The number of hydrogen-bond donors (Lipinski definition) is 0. The Balaban J connectivity index is 2.99. The van der Waals surface area contributed by atoms with Crippen molar-refractivity contribution in [3.8, 4) is 0 Å². The fourth-order valence-corrected chi connectivity index (χ4v) is 4.48. The Hall–Kier alpha value is -0.636. The third-order valence-corrected chi connectivity index (χ3v) is 15.1. The van der Waals surface area contributed by atoms with Crippen molar-refractivity contribution in [2.24, 2.45) is 0 Å². The van der Waals surface area contributed by atoms with Gasteiger partial charge in [-0.3, -0.25) is 4.79 Å². The number of ether oxygens (including phenoxy) is 2. The molecule has 1 heterocycles. The molecule has 0 saturated carbocycles. The molecule has 7 heteroatoms. The number of esters is 1. The van der Waals surface area contributed by atoms with Gasteiger partial charge in [0.05, 0.1) is 12.9 Å². The molecular formula is C20H40O5Si2. The molecule has 1 aliphatic heterocycles. The van der Waals surface area contributed by atoms with E-state index in [-0.39, 0.29) is 28.3 Å². The maximum absolute atomic E-state index is 11.7. The average molecular weight is 417 g/mol. The first kappa shape index (κ1) is 24.4. The van der Waals surface area contributed by atoms with E-state index in [1.165, 1.54) is 6.92 Å². The lowest BCUT2D eigenvalue weighted by atomic mass is 10.1. The van der Waals surface area contributed by atoms with Crippen molar-refractivity contribution >= 4 is 22.6 Å². The van der Waals surface area contributed by atoms with E-state index in [1.54, 1.807) is 6.26 Å². The third kappa shape index (κ3) is 6.44. The zero-order valence-corrected chi connectivity index (χ0v) is 21.1. The van der Waals surface area contributed by atoms with Crippen LogP contribution < -0.4 is 0 Å². The van der Waals surface area contributed by atoms with Crippen LogP contribution in [0.1, 0.15) is 48.5 Å².